The SMILES string of the molecule is CC(C)(C)C1CN(C2CCc3cc4nonc4cc3C2)CCN1C(=O)O. The molecule has 7 nitrogen and oxygen atoms in total. The molecule has 2 atom stereocenters. The van der Waals surface area contributed by atoms with Crippen LogP contribution in [-0.4, -0.2) is 63.0 Å². The van der Waals surface area contributed by atoms with Crippen molar-refractivity contribution in [3.8, 4) is 0 Å². The zero-order valence-electron chi connectivity index (χ0n) is 15.6. The molecule has 1 fully saturated rings. The Labute approximate surface area is 152 Å². The Hall–Kier alpha value is -2.15. The Kier molecular flexibility index (Phi) is 4.14. The number of fused-ring (bicyclic) bond motifs is 2. The van der Waals surface area contributed by atoms with Gasteiger partial charge in [0, 0.05) is 25.7 Å². The number of benzene rings is 1. The first-order valence-corrected chi connectivity index (χ1v) is 9.30. The van der Waals surface area contributed by atoms with Crippen molar-refractivity contribution < 1.29 is 14.5 Å². The minimum Gasteiger partial charge on any atom is -0.465 e. The number of carbonyl (C=O) groups is 1. The molecule has 2 aromatic rings. The maximum atomic E-state index is 11.6. The molecule has 2 unspecified atom stereocenters. The van der Waals surface area contributed by atoms with Crippen molar-refractivity contribution in [1.82, 2.24) is 20.1 Å². The monoisotopic (exact) mass is 358 g/mol. The summed E-state index contributed by atoms with van der Waals surface area (Å²) in [4.78, 5) is 15.8. The maximum Gasteiger partial charge on any atom is 0.407 e. The van der Waals surface area contributed by atoms with E-state index >= 15 is 0 Å². The predicted molar refractivity (Wildman–Crippen MR) is 97.2 cm³/mol. The fourth-order valence-corrected chi connectivity index (χ4v) is 4.44. The van der Waals surface area contributed by atoms with Crippen LogP contribution in [0.4, 0.5) is 4.79 Å². The minimum atomic E-state index is -0.806. The van der Waals surface area contributed by atoms with E-state index in [9.17, 15) is 9.90 Å². The summed E-state index contributed by atoms with van der Waals surface area (Å²) in [5, 5.41) is 17.5. The van der Waals surface area contributed by atoms with E-state index in [0.717, 1.165) is 43.4 Å². The number of aryl methyl sites for hydroxylation is 1. The van der Waals surface area contributed by atoms with Gasteiger partial charge in [-0.25, -0.2) is 9.42 Å². The molecule has 4 rings (SSSR count). The topological polar surface area (TPSA) is 82.7 Å². The first kappa shape index (κ1) is 17.3. The predicted octanol–water partition coefficient (Wildman–Crippen LogP) is 2.79. The summed E-state index contributed by atoms with van der Waals surface area (Å²) >= 11 is 0. The zero-order chi connectivity index (χ0) is 18.5. The van der Waals surface area contributed by atoms with Crippen molar-refractivity contribution >= 4 is 17.1 Å². The molecule has 0 radical (unpaired) electrons. The van der Waals surface area contributed by atoms with Gasteiger partial charge in [0.25, 0.3) is 0 Å². The summed E-state index contributed by atoms with van der Waals surface area (Å²) in [6.45, 7) is 8.55. The highest BCUT2D eigenvalue weighted by atomic mass is 16.6. The van der Waals surface area contributed by atoms with E-state index in [1.54, 1.807) is 4.90 Å². The summed E-state index contributed by atoms with van der Waals surface area (Å²) < 4.78 is 4.84. The molecule has 1 N–H and O–H groups in total. The van der Waals surface area contributed by atoms with Gasteiger partial charge in [-0.3, -0.25) is 4.90 Å². The highest BCUT2D eigenvalue weighted by molar-refractivity contribution is 5.75. The van der Waals surface area contributed by atoms with Gasteiger partial charge in [0.05, 0.1) is 6.04 Å². The summed E-state index contributed by atoms with van der Waals surface area (Å²) in [6, 6.07) is 4.65. The van der Waals surface area contributed by atoms with Gasteiger partial charge in [0.2, 0.25) is 0 Å². The van der Waals surface area contributed by atoms with Crippen molar-refractivity contribution in [1.29, 1.82) is 0 Å². The molecule has 2 heterocycles. The highest BCUT2D eigenvalue weighted by Crippen LogP contribution is 2.32. The second kappa shape index (κ2) is 6.23. The van der Waals surface area contributed by atoms with Crippen molar-refractivity contribution in [2.45, 2.75) is 52.1 Å². The largest absolute Gasteiger partial charge is 0.465 e. The maximum absolute atomic E-state index is 11.6. The van der Waals surface area contributed by atoms with E-state index in [4.69, 9.17) is 4.63 Å². The number of nitrogens with zero attached hydrogens (tertiary/aromatic N) is 4. The minimum absolute atomic E-state index is 0.0115. The normalized spacial score (nSPS) is 24.7. The lowest BCUT2D eigenvalue weighted by Gasteiger charge is -2.48. The zero-order valence-corrected chi connectivity index (χ0v) is 15.6. The number of rotatable bonds is 1. The number of hydrogen-bond acceptors (Lipinski definition) is 5. The smallest absolute Gasteiger partial charge is 0.407 e. The molecule has 0 spiro atoms. The lowest BCUT2D eigenvalue weighted by Crippen LogP contribution is -2.61. The first-order chi connectivity index (χ1) is 12.3. The van der Waals surface area contributed by atoms with E-state index < -0.39 is 6.09 Å². The summed E-state index contributed by atoms with van der Waals surface area (Å²) in [5.74, 6) is 0. The highest BCUT2D eigenvalue weighted by Gasteiger charge is 2.40. The van der Waals surface area contributed by atoms with Gasteiger partial charge in [0.15, 0.2) is 0 Å². The van der Waals surface area contributed by atoms with Crippen LogP contribution < -0.4 is 0 Å². The molecule has 7 heteroatoms. The molecule has 140 valence electrons. The Bertz CT molecular complexity index is 826. The van der Waals surface area contributed by atoms with Crippen molar-refractivity contribution in [3.05, 3.63) is 23.3 Å². The summed E-state index contributed by atoms with van der Waals surface area (Å²) in [7, 11) is 0. The van der Waals surface area contributed by atoms with E-state index in [1.807, 2.05) is 0 Å². The van der Waals surface area contributed by atoms with Crippen LogP contribution in [0.5, 0.6) is 0 Å². The van der Waals surface area contributed by atoms with Crippen LogP contribution in [0.1, 0.15) is 38.3 Å². The molecular weight excluding hydrogens is 332 g/mol. The number of aromatic nitrogens is 2. The van der Waals surface area contributed by atoms with Crippen LogP contribution in [0, 0.1) is 5.41 Å². The molecule has 1 aromatic carbocycles. The van der Waals surface area contributed by atoms with Crippen LogP contribution in [0.3, 0.4) is 0 Å². The van der Waals surface area contributed by atoms with Gasteiger partial charge in [-0.15, -0.1) is 0 Å². The van der Waals surface area contributed by atoms with Gasteiger partial charge in [-0.05, 0) is 58.3 Å². The van der Waals surface area contributed by atoms with Crippen molar-refractivity contribution in [3.63, 3.8) is 0 Å². The van der Waals surface area contributed by atoms with E-state index in [2.05, 4.69) is 48.1 Å². The average molecular weight is 358 g/mol. The van der Waals surface area contributed by atoms with Gasteiger partial charge in [-0.1, -0.05) is 20.8 Å². The molecule has 1 amide bonds. The fraction of sp³-hybridized carbons (Fsp3) is 0.632. The Morgan fingerprint density at radius 3 is 2.54 bits per heavy atom. The van der Waals surface area contributed by atoms with Crippen LogP contribution in [0.15, 0.2) is 16.8 Å². The molecule has 2 aliphatic rings. The number of piperazine rings is 1. The van der Waals surface area contributed by atoms with Crippen LogP contribution in [0.25, 0.3) is 11.0 Å². The molecular formula is C19H26N4O3. The average Bonchev–Trinajstić information content (AvgIpc) is 3.05. The Morgan fingerprint density at radius 1 is 1.19 bits per heavy atom. The second-order valence-electron chi connectivity index (χ2n) is 8.62. The lowest BCUT2D eigenvalue weighted by molar-refractivity contribution is 0.00356. The van der Waals surface area contributed by atoms with Gasteiger partial charge in [-0.2, -0.15) is 0 Å². The lowest BCUT2D eigenvalue weighted by atomic mass is 9.82. The van der Waals surface area contributed by atoms with Crippen LogP contribution >= 0.6 is 0 Å². The third kappa shape index (κ3) is 3.05. The standard InChI is InChI=1S/C19H26N4O3/c1-19(2,3)17-11-22(6-7-23(17)18(24)25)14-5-4-12-9-15-16(21-26-20-15)10-13(12)8-14/h9-10,14,17H,4-8,11H2,1-3H3,(H,24,25). The van der Waals surface area contributed by atoms with Crippen molar-refractivity contribution in [2.24, 2.45) is 5.41 Å². The molecule has 1 saturated heterocycles. The number of amides is 1. The molecule has 0 bridgehead atoms. The number of hydrogen-bond donors (Lipinski definition) is 1. The van der Waals surface area contributed by atoms with Crippen LogP contribution in [0.2, 0.25) is 0 Å². The third-order valence-electron chi connectivity index (χ3n) is 5.95. The second-order valence-corrected chi connectivity index (χ2v) is 8.62. The van der Waals surface area contributed by atoms with Gasteiger partial charge < -0.3 is 10.0 Å². The molecule has 0 saturated carbocycles. The molecule has 1 aliphatic carbocycles. The number of carboxylic acid groups (broad SMARTS) is 1. The quantitative estimate of drug-likeness (QED) is 0.844. The first-order valence-electron chi connectivity index (χ1n) is 9.30. The summed E-state index contributed by atoms with van der Waals surface area (Å²) in [5.41, 5.74) is 4.21. The third-order valence-corrected chi connectivity index (χ3v) is 5.95. The van der Waals surface area contributed by atoms with Gasteiger partial charge >= 0.3 is 6.09 Å². The Morgan fingerprint density at radius 2 is 1.88 bits per heavy atom. The molecule has 1 aromatic heterocycles. The van der Waals surface area contributed by atoms with E-state index in [0.29, 0.717) is 12.6 Å². The molecule has 1 aliphatic heterocycles. The van der Waals surface area contributed by atoms with Gasteiger partial charge in [0.1, 0.15) is 11.0 Å². The molecule has 26 heavy (non-hydrogen) atoms. The van der Waals surface area contributed by atoms with Crippen LogP contribution in [-0.2, 0) is 12.8 Å². The summed E-state index contributed by atoms with van der Waals surface area (Å²) in [6.07, 6.45) is 2.28. The fourth-order valence-electron chi connectivity index (χ4n) is 4.44. The van der Waals surface area contributed by atoms with Crippen molar-refractivity contribution in [2.75, 3.05) is 19.6 Å². The Balaban J connectivity index is 1.54. The van der Waals surface area contributed by atoms with E-state index in [1.165, 1.54) is 11.1 Å². The van der Waals surface area contributed by atoms with E-state index in [-0.39, 0.29) is 11.5 Å².